The topological polar surface area (TPSA) is 46.5 Å². The predicted molar refractivity (Wildman–Crippen MR) is 47.4 cm³/mol. The zero-order valence-electron chi connectivity index (χ0n) is 8.50. The predicted octanol–water partition coefficient (Wildman–Crippen LogP) is 1.35. The molecule has 15 heavy (non-hydrogen) atoms. The fourth-order valence-corrected chi connectivity index (χ4v) is 2.46. The molecule has 2 fully saturated rings. The zero-order valence-corrected chi connectivity index (χ0v) is 8.50. The summed E-state index contributed by atoms with van der Waals surface area (Å²) < 4.78 is 29.8. The Kier molecular flexibility index (Phi) is 2.26. The SMILES string of the molecule is COC(=O)C(O)C1(C2CC(F)(F)C2)CC1. The first kappa shape index (κ1) is 10.8. The molecule has 0 amide bonds. The molecule has 3 nitrogen and oxygen atoms in total. The van der Waals surface area contributed by atoms with Gasteiger partial charge in [-0.1, -0.05) is 0 Å². The number of esters is 1. The zero-order chi connectivity index (χ0) is 11.3. The average Bonchev–Trinajstić information content (AvgIpc) is 2.92. The van der Waals surface area contributed by atoms with Crippen molar-refractivity contribution in [1.82, 2.24) is 0 Å². The molecule has 5 heteroatoms. The molecule has 86 valence electrons. The lowest BCUT2D eigenvalue weighted by molar-refractivity contribution is -0.171. The van der Waals surface area contributed by atoms with E-state index in [-0.39, 0.29) is 18.8 Å². The van der Waals surface area contributed by atoms with Gasteiger partial charge in [-0.25, -0.2) is 13.6 Å². The van der Waals surface area contributed by atoms with Gasteiger partial charge in [0.15, 0.2) is 6.10 Å². The Morgan fingerprint density at radius 3 is 2.33 bits per heavy atom. The van der Waals surface area contributed by atoms with Crippen LogP contribution >= 0.6 is 0 Å². The number of carbonyl (C=O) groups excluding carboxylic acids is 1. The number of aliphatic hydroxyl groups is 1. The Labute approximate surface area is 86.4 Å². The van der Waals surface area contributed by atoms with Crippen molar-refractivity contribution in [2.75, 3.05) is 7.11 Å². The molecule has 1 N–H and O–H groups in total. The van der Waals surface area contributed by atoms with Crippen LogP contribution in [0.2, 0.25) is 0 Å². The molecule has 0 spiro atoms. The van der Waals surface area contributed by atoms with E-state index in [4.69, 9.17) is 0 Å². The van der Waals surface area contributed by atoms with E-state index in [0.29, 0.717) is 12.8 Å². The molecule has 2 aliphatic rings. The molecule has 0 aromatic carbocycles. The Morgan fingerprint density at radius 2 is 2.00 bits per heavy atom. The second-order valence-corrected chi connectivity index (χ2v) is 4.62. The number of methoxy groups -OCH3 is 1. The highest BCUT2D eigenvalue weighted by Crippen LogP contribution is 2.64. The van der Waals surface area contributed by atoms with Crippen molar-refractivity contribution < 1.29 is 23.4 Å². The van der Waals surface area contributed by atoms with Gasteiger partial charge in [0.2, 0.25) is 5.92 Å². The summed E-state index contributed by atoms with van der Waals surface area (Å²) in [6.07, 6.45) is -0.362. The van der Waals surface area contributed by atoms with Gasteiger partial charge in [0.25, 0.3) is 0 Å². The lowest BCUT2D eigenvalue weighted by Gasteiger charge is -2.41. The second kappa shape index (κ2) is 3.14. The molecule has 1 unspecified atom stereocenters. The Morgan fingerprint density at radius 1 is 1.47 bits per heavy atom. The third-order valence-electron chi connectivity index (χ3n) is 3.70. The van der Waals surface area contributed by atoms with Gasteiger partial charge >= 0.3 is 5.97 Å². The number of alkyl halides is 2. The summed E-state index contributed by atoms with van der Waals surface area (Å²) >= 11 is 0. The van der Waals surface area contributed by atoms with Crippen LogP contribution < -0.4 is 0 Å². The highest BCUT2D eigenvalue weighted by molar-refractivity contribution is 5.76. The molecule has 0 aliphatic heterocycles. The van der Waals surface area contributed by atoms with E-state index in [9.17, 15) is 18.7 Å². The van der Waals surface area contributed by atoms with Crippen molar-refractivity contribution >= 4 is 5.97 Å². The van der Waals surface area contributed by atoms with Gasteiger partial charge in [-0.3, -0.25) is 0 Å². The van der Waals surface area contributed by atoms with Crippen molar-refractivity contribution in [2.45, 2.75) is 37.7 Å². The summed E-state index contributed by atoms with van der Waals surface area (Å²) in [4.78, 5) is 11.1. The molecular formula is C10H14F2O3. The third-order valence-corrected chi connectivity index (χ3v) is 3.70. The van der Waals surface area contributed by atoms with Crippen LogP contribution in [0.4, 0.5) is 8.78 Å². The summed E-state index contributed by atoms with van der Waals surface area (Å²) in [6, 6.07) is 0. The molecule has 0 heterocycles. The van der Waals surface area contributed by atoms with Crippen LogP contribution in [0.5, 0.6) is 0 Å². The molecule has 1 atom stereocenters. The Balaban J connectivity index is 2.00. The maximum atomic E-state index is 12.7. The smallest absolute Gasteiger partial charge is 0.335 e. The molecule has 0 aromatic heterocycles. The Hall–Kier alpha value is -0.710. The van der Waals surface area contributed by atoms with Crippen molar-refractivity contribution in [3.05, 3.63) is 0 Å². The first-order valence-corrected chi connectivity index (χ1v) is 5.05. The quantitative estimate of drug-likeness (QED) is 0.730. The number of halogens is 2. The van der Waals surface area contributed by atoms with E-state index < -0.39 is 23.4 Å². The maximum Gasteiger partial charge on any atom is 0.335 e. The minimum Gasteiger partial charge on any atom is -0.467 e. The number of rotatable bonds is 3. The van der Waals surface area contributed by atoms with Crippen LogP contribution in [0.15, 0.2) is 0 Å². The van der Waals surface area contributed by atoms with Crippen LogP contribution in [-0.4, -0.2) is 30.2 Å². The first-order valence-electron chi connectivity index (χ1n) is 5.05. The van der Waals surface area contributed by atoms with Crippen molar-refractivity contribution in [3.63, 3.8) is 0 Å². The van der Waals surface area contributed by atoms with Gasteiger partial charge in [0.05, 0.1) is 7.11 Å². The van der Waals surface area contributed by atoms with Gasteiger partial charge < -0.3 is 9.84 Å². The molecule has 0 saturated heterocycles. The van der Waals surface area contributed by atoms with Gasteiger partial charge in [-0.15, -0.1) is 0 Å². The number of ether oxygens (including phenoxy) is 1. The fraction of sp³-hybridized carbons (Fsp3) is 0.900. The molecule has 0 bridgehead atoms. The second-order valence-electron chi connectivity index (χ2n) is 4.62. The van der Waals surface area contributed by atoms with Gasteiger partial charge in [-0.2, -0.15) is 0 Å². The van der Waals surface area contributed by atoms with Gasteiger partial charge in [0, 0.05) is 18.3 Å². The van der Waals surface area contributed by atoms with Crippen LogP contribution in [-0.2, 0) is 9.53 Å². The highest BCUT2D eigenvalue weighted by Gasteiger charge is 2.64. The van der Waals surface area contributed by atoms with Crippen LogP contribution in [0.25, 0.3) is 0 Å². The molecular weight excluding hydrogens is 206 g/mol. The number of hydrogen-bond donors (Lipinski definition) is 1. The number of aliphatic hydroxyl groups excluding tert-OH is 1. The molecule has 2 rings (SSSR count). The van der Waals surface area contributed by atoms with E-state index >= 15 is 0 Å². The summed E-state index contributed by atoms with van der Waals surface area (Å²) in [5, 5.41) is 9.69. The van der Waals surface area contributed by atoms with Crippen molar-refractivity contribution in [1.29, 1.82) is 0 Å². The molecule has 2 saturated carbocycles. The molecule has 0 radical (unpaired) electrons. The minimum atomic E-state index is -2.60. The number of hydrogen-bond acceptors (Lipinski definition) is 3. The van der Waals surface area contributed by atoms with Crippen LogP contribution in [0.1, 0.15) is 25.7 Å². The van der Waals surface area contributed by atoms with Crippen molar-refractivity contribution in [3.8, 4) is 0 Å². The van der Waals surface area contributed by atoms with Crippen LogP contribution in [0, 0.1) is 11.3 Å². The lowest BCUT2D eigenvalue weighted by Crippen LogP contribution is -2.47. The summed E-state index contributed by atoms with van der Waals surface area (Å²) in [6.45, 7) is 0. The summed E-state index contributed by atoms with van der Waals surface area (Å²) in [5.41, 5.74) is -0.616. The third kappa shape index (κ3) is 1.62. The molecule has 0 aromatic rings. The summed E-state index contributed by atoms with van der Waals surface area (Å²) in [7, 11) is 1.19. The highest BCUT2D eigenvalue weighted by atomic mass is 19.3. The maximum absolute atomic E-state index is 12.7. The fourth-order valence-electron chi connectivity index (χ4n) is 2.46. The Bertz CT molecular complexity index is 278. The molecule has 2 aliphatic carbocycles. The normalized spacial score (nSPS) is 29.1. The van der Waals surface area contributed by atoms with E-state index in [1.165, 1.54) is 7.11 Å². The minimum absolute atomic E-state index is 0.207. The van der Waals surface area contributed by atoms with Crippen molar-refractivity contribution in [2.24, 2.45) is 11.3 Å². The number of carbonyl (C=O) groups is 1. The monoisotopic (exact) mass is 220 g/mol. The van der Waals surface area contributed by atoms with E-state index in [1.54, 1.807) is 0 Å². The van der Waals surface area contributed by atoms with Gasteiger partial charge in [-0.05, 0) is 18.8 Å². The largest absolute Gasteiger partial charge is 0.467 e. The van der Waals surface area contributed by atoms with E-state index in [1.807, 2.05) is 0 Å². The first-order chi connectivity index (χ1) is 6.91. The summed E-state index contributed by atoms with van der Waals surface area (Å²) in [5.74, 6) is -3.54. The standard InChI is InChI=1S/C10H14F2O3/c1-15-8(14)7(13)9(2-3-9)6-4-10(11,12)5-6/h6-7,13H,2-5H2,1H3. The van der Waals surface area contributed by atoms with E-state index in [0.717, 1.165) is 0 Å². The van der Waals surface area contributed by atoms with Gasteiger partial charge in [0.1, 0.15) is 0 Å². The van der Waals surface area contributed by atoms with E-state index in [2.05, 4.69) is 4.74 Å². The lowest BCUT2D eigenvalue weighted by atomic mass is 9.68. The average molecular weight is 220 g/mol. The van der Waals surface area contributed by atoms with Crippen LogP contribution in [0.3, 0.4) is 0 Å².